The number of carbonyl (C=O) groups is 3. The van der Waals surface area contributed by atoms with Crippen LogP contribution in [-0.4, -0.2) is 47.2 Å². The van der Waals surface area contributed by atoms with Crippen LogP contribution >= 0.6 is 0 Å². The van der Waals surface area contributed by atoms with E-state index in [2.05, 4.69) is 9.72 Å². The van der Waals surface area contributed by atoms with Crippen LogP contribution in [0, 0.1) is 6.92 Å². The smallest absolute Gasteiger partial charge is 0.329 e. The van der Waals surface area contributed by atoms with E-state index in [9.17, 15) is 14.4 Å². The van der Waals surface area contributed by atoms with Gasteiger partial charge >= 0.3 is 5.97 Å². The Morgan fingerprint density at radius 3 is 2.60 bits per heavy atom. The Kier molecular flexibility index (Phi) is 4.61. The normalized spacial score (nSPS) is 16.8. The first-order valence-corrected chi connectivity index (χ1v) is 7.94. The topological polar surface area (TPSA) is 76.6 Å². The maximum atomic E-state index is 12.6. The minimum absolute atomic E-state index is 0.0142. The molecule has 1 aliphatic heterocycles. The standard InChI is InChI=1S/C19H18N2O4/c1-12-5-3-4-6-15(12)13-7-8-16(20-10-13)18(23)21-11-14(22)9-17(21)19(24)25-2/h3-8,10,17H,9,11H2,1-2H3/t17-/m0/s1. The van der Waals surface area contributed by atoms with Gasteiger partial charge < -0.3 is 9.64 Å². The molecule has 25 heavy (non-hydrogen) atoms. The lowest BCUT2D eigenvalue weighted by atomic mass is 10.0. The summed E-state index contributed by atoms with van der Waals surface area (Å²) in [5.74, 6) is -1.20. The SMILES string of the molecule is COC(=O)[C@@H]1CC(=O)CN1C(=O)c1ccc(-c2ccccc2C)cn1. The van der Waals surface area contributed by atoms with Crippen molar-refractivity contribution in [1.29, 1.82) is 0 Å². The highest BCUT2D eigenvalue weighted by Crippen LogP contribution is 2.23. The van der Waals surface area contributed by atoms with Crippen molar-refractivity contribution in [1.82, 2.24) is 9.88 Å². The zero-order valence-corrected chi connectivity index (χ0v) is 14.1. The van der Waals surface area contributed by atoms with Gasteiger partial charge in [-0.25, -0.2) is 4.79 Å². The number of aromatic nitrogens is 1. The first-order valence-electron chi connectivity index (χ1n) is 7.94. The van der Waals surface area contributed by atoms with Crippen LogP contribution in [0.4, 0.5) is 0 Å². The van der Waals surface area contributed by atoms with Crippen LogP contribution in [0.1, 0.15) is 22.5 Å². The Bertz CT molecular complexity index is 830. The molecule has 0 spiro atoms. The fourth-order valence-corrected chi connectivity index (χ4v) is 2.97. The maximum absolute atomic E-state index is 12.6. The van der Waals surface area contributed by atoms with Crippen molar-refractivity contribution < 1.29 is 19.1 Å². The number of rotatable bonds is 3. The third-order valence-corrected chi connectivity index (χ3v) is 4.32. The van der Waals surface area contributed by atoms with E-state index in [1.807, 2.05) is 37.3 Å². The summed E-state index contributed by atoms with van der Waals surface area (Å²) in [6.07, 6.45) is 1.61. The predicted molar refractivity (Wildman–Crippen MR) is 90.9 cm³/mol. The molecule has 2 heterocycles. The first-order chi connectivity index (χ1) is 12.0. The molecule has 0 bridgehead atoms. The molecule has 2 aromatic rings. The number of benzene rings is 1. The molecule has 3 rings (SSSR count). The molecule has 1 saturated heterocycles. The Hall–Kier alpha value is -3.02. The van der Waals surface area contributed by atoms with Gasteiger partial charge in [0.15, 0.2) is 5.78 Å². The first kappa shape index (κ1) is 16.8. The van der Waals surface area contributed by atoms with E-state index in [0.717, 1.165) is 16.7 Å². The molecule has 1 fully saturated rings. The van der Waals surface area contributed by atoms with Gasteiger partial charge in [0.25, 0.3) is 5.91 Å². The van der Waals surface area contributed by atoms with Crippen LogP contribution in [0.2, 0.25) is 0 Å². The number of likely N-dealkylation sites (tertiary alicyclic amines) is 1. The summed E-state index contributed by atoms with van der Waals surface area (Å²) in [7, 11) is 1.24. The molecule has 0 aliphatic carbocycles. The number of methoxy groups -OCH3 is 1. The van der Waals surface area contributed by atoms with Crippen molar-refractivity contribution >= 4 is 17.7 Å². The van der Waals surface area contributed by atoms with Gasteiger partial charge in [-0.2, -0.15) is 0 Å². The average Bonchev–Trinajstić information content (AvgIpc) is 3.03. The predicted octanol–water partition coefficient (Wildman–Crippen LogP) is 2.01. The number of pyridine rings is 1. The molecule has 1 aromatic heterocycles. The number of Topliss-reactive ketones (excluding diaryl/α,β-unsaturated/α-hetero) is 1. The van der Waals surface area contributed by atoms with Gasteiger partial charge in [-0.1, -0.05) is 30.3 Å². The third kappa shape index (κ3) is 3.28. The molecule has 6 heteroatoms. The van der Waals surface area contributed by atoms with Gasteiger partial charge in [0, 0.05) is 18.2 Å². The van der Waals surface area contributed by atoms with E-state index in [1.54, 1.807) is 12.3 Å². The van der Waals surface area contributed by atoms with Gasteiger partial charge in [-0.05, 0) is 24.1 Å². The van der Waals surface area contributed by atoms with Crippen LogP contribution < -0.4 is 0 Å². The molecule has 1 aliphatic rings. The van der Waals surface area contributed by atoms with Gasteiger partial charge in [0.05, 0.1) is 13.7 Å². The van der Waals surface area contributed by atoms with Gasteiger partial charge in [-0.15, -0.1) is 0 Å². The van der Waals surface area contributed by atoms with Crippen LogP contribution in [-0.2, 0) is 14.3 Å². The molecule has 1 aromatic carbocycles. The number of aryl methyl sites for hydroxylation is 1. The Morgan fingerprint density at radius 2 is 1.96 bits per heavy atom. The summed E-state index contributed by atoms with van der Waals surface area (Å²) in [6.45, 7) is 1.91. The second-order valence-electron chi connectivity index (χ2n) is 5.96. The van der Waals surface area contributed by atoms with Crippen molar-refractivity contribution in [2.24, 2.45) is 0 Å². The molecule has 0 saturated carbocycles. The number of hydrogen-bond donors (Lipinski definition) is 0. The van der Waals surface area contributed by atoms with Crippen molar-refractivity contribution in [3.05, 3.63) is 53.9 Å². The second-order valence-corrected chi connectivity index (χ2v) is 5.96. The number of ether oxygens (including phenoxy) is 1. The molecule has 0 radical (unpaired) electrons. The summed E-state index contributed by atoms with van der Waals surface area (Å²) in [4.78, 5) is 41.6. The lowest BCUT2D eigenvalue weighted by Gasteiger charge is -2.21. The van der Waals surface area contributed by atoms with Crippen molar-refractivity contribution in [3.8, 4) is 11.1 Å². The summed E-state index contributed by atoms with van der Waals surface area (Å²) in [5.41, 5.74) is 3.25. The van der Waals surface area contributed by atoms with Crippen molar-refractivity contribution in [2.75, 3.05) is 13.7 Å². The van der Waals surface area contributed by atoms with Gasteiger partial charge in [-0.3, -0.25) is 14.6 Å². The highest BCUT2D eigenvalue weighted by Gasteiger charge is 2.40. The van der Waals surface area contributed by atoms with Gasteiger partial charge in [0.1, 0.15) is 11.7 Å². The number of nitrogens with zero attached hydrogens (tertiary/aromatic N) is 2. The average molecular weight is 338 g/mol. The van der Waals surface area contributed by atoms with Crippen LogP contribution in [0.5, 0.6) is 0 Å². The van der Waals surface area contributed by atoms with E-state index in [4.69, 9.17) is 0 Å². The fourth-order valence-electron chi connectivity index (χ4n) is 2.97. The lowest BCUT2D eigenvalue weighted by Crippen LogP contribution is -2.41. The van der Waals surface area contributed by atoms with Gasteiger partial charge in [0.2, 0.25) is 0 Å². The van der Waals surface area contributed by atoms with E-state index in [-0.39, 0.29) is 24.4 Å². The Morgan fingerprint density at radius 1 is 1.20 bits per heavy atom. The molecule has 0 N–H and O–H groups in total. The molecule has 6 nitrogen and oxygen atoms in total. The Labute approximate surface area is 145 Å². The molecular formula is C19H18N2O4. The lowest BCUT2D eigenvalue weighted by molar-refractivity contribution is -0.145. The molecule has 1 amide bonds. The molecule has 1 atom stereocenters. The third-order valence-electron chi connectivity index (χ3n) is 4.32. The molecule has 0 unspecified atom stereocenters. The molecular weight excluding hydrogens is 320 g/mol. The van der Waals surface area contributed by atoms with Crippen LogP contribution in [0.15, 0.2) is 42.6 Å². The number of carbonyl (C=O) groups excluding carboxylic acids is 3. The number of hydrogen-bond acceptors (Lipinski definition) is 5. The van der Waals surface area contributed by atoms with E-state index < -0.39 is 17.9 Å². The van der Waals surface area contributed by atoms with E-state index >= 15 is 0 Å². The van der Waals surface area contributed by atoms with Crippen molar-refractivity contribution in [2.45, 2.75) is 19.4 Å². The van der Waals surface area contributed by atoms with E-state index in [1.165, 1.54) is 12.0 Å². The zero-order chi connectivity index (χ0) is 18.0. The minimum Gasteiger partial charge on any atom is -0.467 e. The largest absolute Gasteiger partial charge is 0.467 e. The fraction of sp³-hybridized carbons (Fsp3) is 0.263. The van der Waals surface area contributed by atoms with Crippen LogP contribution in [0.3, 0.4) is 0 Å². The summed E-state index contributed by atoms with van der Waals surface area (Å²) >= 11 is 0. The minimum atomic E-state index is -0.872. The van der Waals surface area contributed by atoms with E-state index in [0.29, 0.717) is 0 Å². The quantitative estimate of drug-likeness (QED) is 0.800. The number of ketones is 1. The number of esters is 1. The molecule has 128 valence electrons. The monoisotopic (exact) mass is 338 g/mol. The Balaban J connectivity index is 1.84. The second kappa shape index (κ2) is 6.84. The highest BCUT2D eigenvalue weighted by atomic mass is 16.5. The zero-order valence-electron chi connectivity index (χ0n) is 14.1. The summed E-state index contributed by atoms with van der Waals surface area (Å²) in [6, 6.07) is 10.4. The highest BCUT2D eigenvalue weighted by molar-refractivity contribution is 6.02. The summed E-state index contributed by atoms with van der Waals surface area (Å²) in [5, 5.41) is 0. The summed E-state index contributed by atoms with van der Waals surface area (Å²) < 4.78 is 4.68. The van der Waals surface area contributed by atoms with Crippen molar-refractivity contribution in [3.63, 3.8) is 0 Å². The maximum Gasteiger partial charge on any atom is 0.329 e. The van der Waals surface area contributed by atoms with Crippen LogP contribution in [0.25, 0.3) is 11.1 Å². The number of amides is 1.